The molecule has 2 aliphatic rings. The second kappa shape index (κ2) is 3.96. The van der Waals surface area contributed by atoms with E-state index in [0.29, 0.717) is 0 Å². The number of hydrogen-bond donors (Lipinski definition) is 1. The highest BCUT2D eigenvalue weighted by atomic mass is 15.3. The lowest BCUT2D eigenvalue weighted by atomic mass is 9.94. The molecule has 1 fully saturated rings. The minimum Gasteiger partial charge on any atom is -0.354 e. The van der Waals surface area contributed by atoms with Gasteiger partial charge in [0.15, 0.2) is 0 Å². The molecule has 0 aromatic heterocycles. The van der Waals surface area contributed by atoms with Crippen LogP contribution in [0.25, 0.3) is 0 Å². The van der Waals surface area contributed by atoms with Crippen molar-refractivity contribution in [2.75, 3.05) is 26.2 Å². The first kappa shape index (κ1) is 8.82. The van der Waals surface area contributed by atoms with Crippen molar-refractivity contribution in [3.05, 3.63) is 11.9 Å². The number of hydrogen-bond acceptors (Lipinski definition) is 3. The van der Waals surface area contributed by atoms with Gasteiger partial charge in [-0.25, -0.2) is 0 Å². The Morgan fingerprint density at radius 1 is 1.38 bits per heavy atom. The van der Waals surface area contributed by atoms with Gasteiger partial charge in [-0.15, -0.1) is 0 Å². The first-order valence-corrected chi connectivity index (χ1v) is 4.85. The van der Waals surface area contributed by atoms with Gasteiger partial charge in [0, 0.05) is 26.2 Å². The maximum atomic E-state index is 5.70. The van der Waals surface area contributed by atoms with Gasteiger partial charge >= 0.3 is 0 Å². The lowest BCUT2D eigenvalue weighted by Crippen LogP contribution is -2.42. The van der Waals surface area contributed by atoms with Crippen LogP contribution >= 0.6 is 0 Å². The van der Waals surface area contributed by atoms with Crippen LogP contribution in [0.5, 0.6) is 0 Å². The smallest absolute Gasteiger partial charge is 0.135 e. The molecular formula is C9H14BN3. The van der Waals surface area contributed by atoms with E-state index in [1.54, 1.807) is 0 Å². The average Bonchev–Trinajstić information content (AvgIpc) is 2.19. The lowest BCUT2D eigenvalue weighted by molar-refractivity contribution is 0.295. The number of rotatable bonds is 1. The summed E-state index contributed by atoms with van der Waals surface area (Å²) in [6, 6.07) is 0. The van der Waals surface area contributed by atoms with Crippen molar-refractivity contribution in [1.29, 1.82) is 0 Å². The Kier molecular flexibility index (Phi) is 2.69. The topological polar surface area (TPSA) is 27.6 Å². The Morgan fingerprint density at radius 2 is 2.15 bits per heavy atom. The summed E-state index contributed by atoms with van der Waals surface area (Å²) in [4.78, 5) is 6.65. The molecule has 0 atom stereocenters. The summed E-state index contributed by atoms with van der Waals surface area (Å²) in [6.45, 7) is 4.19. The average molecular weight is 175 g/mol. The largest absolute Gasteiger partial charge is 0.354 e. The summed E-state index contributed by atoms with van der Waals surface area (Å²) in [5.74, 6) is 1.07. The zero-order chi connectivity index (χ0) is 9.10. The van der Waals surface area contributed by atoms with Gasteiger partial charge < -0.3 is 10.2 Å². The molecule has 0 amide bonds. The van der Waals surface area contributed by atoms with Gasteiger partial charge in [0.05, 0.1) is 0 Å². The third kappa shape index (κ3) is 2.12. The molecule has 0 aromatic rings. The maximum Gasteiger partial charge on any atom is 0.135 e. The fraction of sp³-hybridized carbons (Fsp3) is 0.667. The first-order chi connectivity index (χ1) is 6.36. The van der Waals surface area contributed by atoms with Crippen molar-refractivity contribution < 1.29 is 0 Å². The van der Waals surface area contributed by atoms with Crippen LogP contribution in [0, 0.1) is 0 Å². The quantitative estimate of drug-likeness (QED) is 0.572. The SMILES string of the molecule is [B]C1=NC(N2CCNCC2)=CCC1. The molecule has 68 valence electrons. The van der Waals surface area contributed by atoms with Crippen LogP contribution < -0.4 is 5.32 Å². The van der Waals surface area contributed by atoms with Gasteiger partial charge in [0.1, 0.15) is 13.7 Å². The van der Waals surface area contributed by atoms with E-state index < -0.39 is 0 Å². The summed E-state index contributed by atoms with van der Waals surface area (Å²) in [7, 11) is 5.70. The zero-order valence-corrected chi connectivity index (χ0v) is 7.79. The first-order valence-electron chi connectivity index (χ1n) is 4.85. The van der Waals surface area contributed by atoms with Crippen LogP contribution in [-0.2, 0) is 0 Å². The van der Waals surface area contributed by atoms with Crippen molar-refractivity contribution in [1.82, 2.24) is 10.2 Å². The molecule has 2 rings (SSSR count). The maximum absolute atomic E-state index is 5.70. The van der Waals surface area contributed by atoms with E-state index in [4.69, 9.17) is 7.85 Å². The molecule has 3 nitrogen and oxygen atoms in total. The van der Waals surface area contributed by atoms with Crippen molar-refractivity contribution in [3.63, 3.8) is 0 Å². The van der Waals surface area contributed by atoms with Crippen molar-refractivity contribution in [2.24, 2.45) is 4.99 Å². The predicted molar refractivity (Wildman–Crippen MR) is 54.9 cm³/mol. The molecule has 0 aliphatic carbocycles. The van der Waals surface area contributed by atoms with E-state index >= 15 is 0 Å². The van der Waals surface area contributed by atoms with E-state index in [9.17, 15) is 0 Å². The van der Waals surface area contributed by atoms with Gasteiger partial charge in [0.25, 0.3) is 0 Å². The Bertz CT molecular complexity index is 241. The van der Waals surface area contributed by atoms with Crippen LogP contribution in [-0.4, -0.2) is 44.5 Å². The fourth-order valence-electron chi connectivity index (χ4n) is 1.69. The highest BCUT2D eigenvalue weighted by Gasteiger charge is 2.13. The van der Waals surface area contributed by atoms with Gasteiger partial charge in [0.2, 0.25) is 0 Å². The minimum absolute atomic E-state index is 0.774. The van der Waals surface area contributed by atoms with Gasteiger partial charge in [-0.2, -0.15) is 0 Å². The highest BCUT2D eigenvalue weighted by Crippen LogP contribution is 2.14. The van der Waals surface area contributed by atoms with Gasteiger partial charge in [-0.3, -0.25) is 4.99 Å². The van der Waals surface area contributed by atoms with Gasteiger partial charge in [-0.05, 0) is 24.5 Å². The van der Waals surface area contributed by atoms with Crippen LogP contribution in [0.15, 0.2) is 16.9 Å². The van der Waals surface area contributed by atoms with E-state index in [2.05, 4.69) is 21.3 Å². The molecule has 0 bridgehead atoms. The molecule has 1 saturated heterocycles. The monoisotopic (exact) mass is 175 g/mol. The molecule has 0 spiro atoms. The fourth-order valence-corrected chi connectivity index (χ4v) is 1.69. The molecule has 2 radical (unpaired) electrons. The molecule has 1 N–H and O–H groups in total. The predicted octanol–water partition coefficient (Wildman–Crippen LogP) is 0.0938. The minimum atomic E-state index is 0.774. The molecule has 2 aliphatic heterocycles. The molecule has 13 heavy (non-hydrogen) atoms. The molecule has 2 heterocycles. The summed E-state index contributed by atoms with van der Waals surface area (Å²) >= 11 is 0. The molecule has 4 heteroatoms. The number of piperazine rings is 1. The third-order valence-electron chi connectivity index (χ3n) is 2.43. The van der Waals surface area contributed by atoms with Crippen molar-refractivity contribution >= 4 is 13.5 Å². The number of nitrogens with zero attached hydrogens (tertiary/aromatic N) is 2. The Morgan fingerprint density at radius 3 is 2.85 bits per heavy atom. The lowest BCUT2D eigenvalue weighted by Gasteiger charge is -2.30. The van der Waals surface area contributed by atoms with E-state index in [1.807, 2.05) is 0 Å². The van der Waals surface area contributed by atoms with Crippen LogP contribution in [0.2, 0.25) is 0 Å². The second-order valence-electron chi connectivity index (χ2n) is 3.44. The Balaban J connectivity index is 2.02. The summed E-state index contributed by atoms with van der Waals surface area (Å²) in [5, 5.41) is 3.32. The molecule has 0 aromatic carbocycles. The summed E-state index contributed by atoms with van der Waals surface area (Å²) < 4.78 is 0. The highest BCUT2D eigenvalue weighted by molar-refractivity contribution is 6.59. The Hall–Kier alpha value is -0.765. The van der Waals surface area contributed by atoms with E-state index in [1.165, 1.54) is 0 Å². The molecule has 0 saturated carbocycles. The van der Waals surface area contributed by atoms with Gasteiger partial charge in [-0.1, -0.05) is 0 Å². The number of nitrogens with one attached hydrogen (secondary N) is 1. The van der Waals surface area contributed by atoms with Crippen LogP contribution in [0.4, 0.5) is 0 Å². The van der Waals surface area contributed by atoms with E-state index in [-0.39, 0.29) is 0 Å². The van der Waals surface area contributed by atoms with Crippen LogP contribution in [0.3, 0.4) is 0 Å². The standard InChI is InChI=1S/C9H14BN3/c10-8-2-1-3-9(12-8)13-6-4-11-5-7-13/h3,11H,1-2,4-7H2. The van der Waals surface area contributed by atoms with E-state index in [0.717, 1.165) is 50.5 Å². The second-order valence-corrected chi connectivity index (χ2v) is 3.44. The Labute approximate surface area is 80.3 Å². The summed E-state index contributed by atoms with van der Waals surface area (Å²) in [6.07, 6.45) is 4.13. The molecular weight excluding hydrogens is 161 g/mol. The van der Waals surface area contributed by atoms with Crippen molar-refractivity contribution in [2.45, 2.75) is 12.8 Å². The zero-order valence-electron chi connectivity index (χ0n) is 7.79. The number of allylic oxidation sites excluding steroid dienone is 1. The van der Waals surface area contributed by atoms with Crippen molar-refractivity contribution in [3.8, 4) is 0 Å². The summed E-state index contributed by atoms with van der Waals surface area (Å²) in [5.41, 5.74) is 0.774. The third-order valence-corrected chi connectivity index (χ3v) is 2.43. The number of aliphatic imine (C=N–C) groups is 1. The molecule has 0 unspecified atom stereocenters. The van der Waals surface area contributed by atoms with Crippen LogP contribution in [0.1, 0.15) is 12.8 Å². The normalized spacial score (nSPS) is 23.8.